The number of hydrogen-bond acceptors (Lipinski definition) is 2. The van der Waals surface area contributed by atoms with Crippen LogP contribution in [0.4, 0.5) is 0 Å². The van der Waals surface area contributed by atoms with Gasteiger partial charge in [0.15, 0.2) is 0 Å². The van der Waals surface area contributed by atoms with Gasteiger partial charge in [-0.1, -0.05) is 37.3 Å². The molecule has 0 atom stereocenters. The van der Waals surface area contributed by atoms with Crippen LogP contribution in [0.5, 0.6) is 5.75 Å². The minimum atomic E-state index is 0.349. The average molecular weight is 191 g/mol. The van der Waals surface area contributed by atoms with E-state index in [9.17, 15) is 5.11 Å². The normalized spacial score (nSPS) is 10.1. The van der Waals surface area contributed by atoms with Gasteiger partial charge in [-0.15, -0.1) is 0 Å². The molecule has 14 heavy (non-hydrogen) atoms. The van der Waals surface area contributed by atoms with Crippen LogP contribution in [0.15, 0.2) is 36.4 Å². The molecule has 0 saturated heterocycles. The van der Waals surface area contributed by atoms with Gasteiger partial charge in [0.2, 0.25) is 0 Å². The summed E-state index contributed by atoms with van der Waals surface area (Å²) in [4.78, 5) is 0. The molecule has 1 rings (SSSR count). The zero-order valence-electron chi connectivity index (χ0n) is 8.59. The van der Waals surface area contributed by atoms with Crippen molar-refractivity contribution in [2.75, 3.05) is 6.54 Å². The lowest BCUT2D eigenvalue weighted by molar-refractivity contribution is 0.465. The first-order chi connectivity index (χ1) is 6.74. The minimum absolute atomic E-state index is 0.349. The van der Waals surface area contributed by atoms with E-state index < -0.39 is 0 Å². The van der Waals surface area contributed by atoms with E-state index in [0.717, 1.165) is 18.5 Å². The highest BCUT2D eigenvalue weighted by molar-refractivity contribution is 5.31. The Balaban J connectivity index is 2.39. The van der Waals surface area contributed by atoms with Crippen molar-refractivity contribution in [3.05, 3.63) is 42.0 Å². The predicted molar refractivity (Wildman–Crippen MR) is 59.2 cm³/mol. The van der Waals surface area contributed by atoms with Gasteiger partial charge >= 0.3 is 0 Å². The molecular formula is C12H17NO. The van der Waals surface area contributed by atoms with E-state index in [1.54, 1.807) is 6.07 Å². The van der Waals surface area contributed by atoms with Crippen molar-refractivity contribution in [2.45, 2.75) is 19.9 Å². The van der Waals surface area contributed by atoms with Crippen molar-refractivity contribution in [1.82, 2.24) is 5.32 Å². The third-order valence-corrected chi connectivity index (χ3v) is 2.18. The lowest BCUT2D eigenvalue weighted by Gasteiger charge is -2.07. The molecule has 0 aliphatic heterocycles. The molecule has 2 heteroatoms. The molecular weight excluding hydrogens is 174 g/mol. The quantitative estimate of drug-likeness (QED) is 0.701. The summed E-state index contributed by atoms with van der Waals surface area (Å²) in [6.45, 7) is 7.49. The fraction of sp³-hybridized carbons (Fsp3) is 0.333. The van der Waals surface area contributed by atoms with Crippen LogP contribution in [0.2, 0.25) is 0 Å². The first-order valence-electron chi connectivity index (χ1n) is 4.88. The number of nitrogens with one attached hydrogen (secondary N) is 1. The van der Waals surface area contributed by atoms with E-state index in [1.807, 2.05) is 18.2 Å². The Hall–Kier alpha value is -1.28. The Labute approximate surface area is 85.3 Å². The maximum absolute atomic E-state index is 9.47. The van der Waals surface area contributed by atoms with Crippen LogP contribution in [0.3, 0.4) is 0 Å². The molecule has 1 aromatic rings. The standard InChI is InChI=1S/C12H17NO/c1-3-10(2)8-13-9-11-6-4-5-7-12(11)14/h4-7,13-14H,2-3,8-9H2,1H3. The van der Waals surface area contributed by atoms with Crippen molar-refractivity contribution in [2.24, 2.45) is 0 Å². The van der Waals surface area contributed by atoms with Crippen LogP contribution in [-0.2, 0) is 6.54 Å². The Morgan fingerprint density at radius 2 is 2.14 bits per heavy atom. The molecule has 0 aromatic heterocycles. The van der Waals surface area contributed by atoms with Crippen LogP contribution in [0.1, 0.15) is 18.9 Å². The number of hydrogen-bond donors (Lipinski definition) is 2. The molecule has 0 heterocycles. The molecule has 1 aromatic carbocycles. The van der Waals surface area contributed by atoms with Gasteiger partial charge in [-0.05, 0) is 12.5 Å². The minimum Gasteiger partial charge on any atom is -0.508 e. The van der Waals surface area contributed by atoms with Gasteiger partial charge in [0, 0.05) is 18.7 Å². The van der Waals surface area contributed by atoms with Gasteiger partial charge in [-0.25, -0.2) is 0 Å². The van der Waals surface area contributed by atoms with Crippen molar-refractivity contribution >= 4 is 0 Å². The van der Waals surface area contributed by atoms with Gasteiger partial charge < -0.3 is 10.4 Å². The van der Waals surface area contributed by atoms with Crippen LogP contribution < -0.4 is 5.32 Å². The molecule has 2 N–H and O–H groups in total. The highest BCUT2D eigenvalue weighted by Crippen LogP contribution is 2.14. The fourth-order valence-electron chi connectivity index (χ4n) is 1.16. The second-order valence-electron chi connectivity index (χ2n) is 3.34. The number of phenolic OH excluding ortho intramolecular Hbond substituents is 1. The molecule has 0 aliphatic carbocycles. The van der Waals surface area contributed by atoms with E-state index in [-0.39, 0.29) is 0 Å². The first kappa shape index (κ1) is 10.8. The van der Waals surface area contributed by atoms with Gasteiger partial charge in [0.1, 0.15) is 5.75 Å². The molecule has 0 radical (unpaired) electrons. The molecule has 2 nitrogen and oxygen atoms in total. The average Bonchev–Trinajstić information content (AvgIpc) is 2.20. The number of aromatic hydroxyl groups is 1. The highest BCUT2D eigenvalue weighted by atomic mass is 16.3. The van der Waals surface area contributed by atoms with E-state index in [4.69, 9.17) is 0 Å². The largest absolute Gasteiger partial charge is 0.508 e. The number of para-hydroxylation sites is 1. The molecule has 0 fully saturated rings. The molecule has 0 amide bonds. The first-order valence-corrected chi connectivity index (χ1v) is 4.88. The Bertz CT molecular complexity index is 307. The molecule has 0 bridgehead atoms. The summed E-state index contributed by atoms with van der Waals surface area (Å²) < 4.78 is 0. The second-order valence-corrected chi connectivity index (χ2v) is 3.34. The summed E-state index contributed by atoms with van der Waals surface area (Å²) in [5, 5.41) is 12.7. The molecule has 0 spiro atoms. The van der Waals surface area contributed by atoms with Crippen LogP contribution in [-0.4, -0.2) is 11.7 Å². The summed E-state index contributed by atoms with van der Waals surface area (Å²) >= 11 is 0. The number of rotatable bonds is 5. The van der Waals surface area contributed by atoms with E-state index >= 15 is 0 Å². The van der Waals surface area contributed by atoms with Crippen molar-refractivity contribution < 1.29 is 5.11 Å². The summed E-state index contributed by atoms with van der Waals surface area (Å²) in [5.41, 5.74) is 2.11. The lowest BCUT2D eigenvalue weighted by Crippen LogP contribution is -2.15. The van der Waals surface area contributed by atoms with Crippen molar-refractivity contribution in [3.63, 3.8) is 0 Å². The van der Waals surface area contributed by atoms with Crippen LogP contribution in [0.25, 0.3) is 0 Å². The Morgan fingerprint density at radius 1 is 1.43 bits per heavy atom. The molecule has 0 aliphatic rings. The van der Waals surface area contributed by atoms with Gasteiger partial charge in [-0.3, -0.25) is 0 Å². The summed E-state index contributed by atoms with van der Waals surface area (Å²) in [6, 6.07) is 7.36. The highest BCUT2D eigenvalue weighted by Gasteiger charge is 1.98. The lowest BCUT2D eigenvalue weighted by atomic mass is 10.2. The van der Waals surface area contributed by atoms with E-state index in [2.05, 4.69) is 18.8 Å². The smallest absolute Gasteiger partial charge is 0.120 e. The van der Waals surface area contributed by atoms with Crippen molar-refractivity contribution in [3.8, 4) is 5.75 Å². The molecule has 0 saturated carbocycles. The summed E-state index contributed by atoms with van der Waals surface area (Å²) in [7, 11) is 0. The van der Waals surface area contributed by atoms with Gasteiger partial charge in [0.05, 0.1) is 0 Å². The monoisotopic (exact) mass is 191 g/mol. The van der Waals surface area contributed by atoms with E-state index in [0.29, 0.717) is 12.3 Å². The van der Waals surface area contributed by atoms with Crippen molar-refractivity contribution in [1.29, 1.82) is 0 Å². The number of benzene rings is 1. The molecule has 0 unspecified atom stereocenters. The SMILES string of the molecule is C=C(CC)CNCc1ccccc1O. The van der Waals surface area contributed by atoms with Gasteiger partial charge in [-0.2, -0.15) is 0 Å². The topological polar surface area (TPSA) is 32.3 Å². The summed E-state index contributed by atoms with van der Waals surface area (Å²) in [5.74, 6) is 0.349. The maximum atomic E-state index is 9.47. The van der Waals surface area contributed by atoms with Crippen LogP contribution in [0, 0.1) is 0 Å². The van der Waals surface area contributed by atoms with E-state index in [1.165, 1.54) is 5.57 Å². The molecule has 76 valence electrons. The second kappa shape index (κ2) is 5.45. The third kappa shape index (κ3) is 3.23. The van der Waals surface area contributed by atoms with Gasteiger partial charge in [0.25, 0.3) is 0 Å². The predicted octanol–water partition coefficient (Wildman–Crippen LogP) is 2.45. The summed E-state index contributed by atoms with van der Waals surface area (Å²) in [6.07, 6.45) is 0.994. The Morgan fingerprint density at radius 3 is 2.79 bits per heavy atom. The fourth-order valence-corrected chi connectivity index (χ4v) is 1.16. The Kier molecular flexibility index (Phi) is 4.20. The van der Waals surface area contributed by atoms with Crippen LogP contribution >= 0.6 is 0 Å². The third-order valence-electron chi connectivity index (χ3n) is 2.18. The zero-order chi connectivity index (χ0) is 10.4. The maximum Gasteiger partial charge on any atom is 0.120 e. The zero-order valence-corrected chi connectivity index (χ0v) is 8.59. The number of phenols is 1.